The van der Waals surface area contributed by atoms with Crippen molar-refractivity contribution in [1.29, 1.82) is 5.26 Å². The molecule has 0 unspecified atom stereocenters. The van der Waals surface area contributed by atoms with E-state index in [1.807, 2.05) is 43.3 Å². The number of hydrogen-bond donors (Lipinski definition) is 1. The molecule has 0 fully saturated rings. The molecular weight excluding hydrogens is 495 g/mol. The third-order valence-electron chi connectivity index (χ3n) is 3.97. The highest BCUT2D eigenvalue weighted by molar-refractivity contribution is 14.1. The molecule has 2 aromatic rings. The van der Waals surface area contributed by atoms with Gasteiger partial charge in [0.1, 0.15) is 24.0 Å². The molecule has 1 amide bonds. The molecule has 7 heteroatoms. The number of nitrogens with zero attached hydrogens (tertiary/aromatic N) is 1. The first-order valence-corrected chi connectivity index (χ1v) is 10.3. The van der Waals surface area contributed by atoms with Gasteiger partial charge >= 0.3 is 0 Å². The Labute approximate surface area is 190 Å². The molecule has 0 aliphatic heterocycles. The maximum Gasteiger partial charge on any atom is 0.262 e. The Kier molecular flexibility index (Phi) is 9.22. The van der Waals surface area contributed by atoms with Gasteiger partial charge in [-0.2, -0.15) is 5.26 Å². The molecule has 6 nitrogen and oxygen atoms in total. The second-order valence-corrected chi connectivity index (χ2v) is 7.23. The Bertz CT molecular complexity index is 962. The quantitative estimate of drug-likeness (QED) is 0.217. The van der Waals surface area contributed by atoms with Gasteiger partial charge in [0, 0.05) is 6.54 Å². The highest BCUT2D eigenvalue weighted by Gasteiger charge is 2.14. The zero-order valence-corrected chi connectivity index (χ0v) is 19.1. The Morgan fingerprint density at radius 1 is 1.27 bits per heavy atom. The molecular formula is C23H23IN2O4. The van der Waals surface area contributed by atoms with E-state index in [0.29, 0.717) is 36.8 Å². The molecule has 0 aliphatic carbocycles. The Morgan fingerprint density at radius 3 is 2.60 bits per heavy atom. The summed E-state index contributed by atoms with van der Waals surface area (Å²) in [5.74, 6) is 1.45. The van der Waals surface area contributed by atoms with E-state index in [4.69, 9.17) is 14.2 Å². The Morgan fingerprint density at radius 2 is 2.00 bits per heavy atom. The average Bonchev–Trinajstić information content (AvgIpc) is 2.75. The number of benzene rings is 2. The lowest BCUT2D eigenvalue weighted by molar-refractivity contribution is -0.117. The van der Waals surface area contributed by atoms with Crippen molar-refractivity contribution in [2.45, 2.75) is 13.5 Å². The predicted octanol–water partition coefficient (Wildman–Crippen LogP) is 4.49. The number of ether oxygens (including phenoxy) is 3. The molecule has 30 heavy (non-hydrogen) atoms. The predicted molar refractivity (Wildman–Crippen MR) is 124 cm³/mol. The number of carbonyl (C=O) groups excluding carboxylic acids is 1. The van der Waals surface area contributed by atoms with E-state index in [1.165, 1.54) is 6.08 Å². The number of hydrogen-bond acceptors (Lipinski definition) is 5. The lowest BCUT2D eigenvalue weighted by Crippen LogP contribution is -2.23. The molecule has 2 aromatic carbocycles. The topological polar surface area (TPSA) is 80.6 Å². The first-order chi connectivity index (χ1) is 14.5. The summed E-state index contributed by atoms with van der Waals surface area (Å²) in [5, 5.41) is 12.2. The summed E-state index contributed by atoms with van der Waals surface area (Å²) in [5.41, 5.74) is 1.57. The van der Waals surface area contributed by atoms with Gasteiger partial charge in [0.25, 0.3) is 5.91 Å². The van der Waals surface area contributed by atoms with Crippen LogP contribution in [0.15, 0.2) is 54.6 Å². The van der Waals surface area contributed by atoms with Crippen LogP contribution in [0.25, 0.3) is 6.08 Å². The van der Waals surface area contributed by atoms with Crippen molar-refractivity contribution >= 4 is 34.6 Å². The van der Waals surface area contributed by atoms with Crippen LogP contribution in [-0.2, 0) is 11.3 Å². The van der Waals surface area contributed by atoms with Gasteiger partial charge < -0.3 is 19.5 Å². The van der Waals surface area contributed by atoms with Crippen molar-refractivity contribution in [3.63, 3.8) is 0 Å². The summed E-state index contributed by atoms with van der Waals surface area (Å²) >= 11 is 2.13. The van der Waals surface area contributed by atoms with Crippen molar-refractivity contribution in [1.82, 2.24) is 5.32 Å². The van der Waals surface area contributed by atoms with Crippen LogP contribution >= 0.6 is 22.6 Å². The van der Waals surface area contributed by atoms with Crippen molar-refractivity contribution in [2.75, 3.05) is 20.3 Å². The Hall–Kier alpha value is -2.99. The molecule has 156 valence electrons. The fourth-order valence-electron chi connectivity index (χ4n) is 2.55. The molecule has 0 saturated carbocycles. The number of nitrogens with one attached hydrogen (secondary N) is 1. The van der Waals surface area contributed by atoms with Crippen molar-refractivity contribution in [2.24, 2.45) is 0 Å². The number of carbonyl (C=O) groups is 1. The molecule has 0 heterocycles. The van der Waals surface area contributed by atoms with Gasteiger partial charge in [0.05, 0.1) is 17.3 Å². The van der Waals surface area contributed by atoms with Crippen LogP contribution < -0.4 is 19.5 Å². The molecule has 1 N–H and O–H groups in total. The smallest absolute Gasteiger partial charge is 0.262 e. The second-order valence-electron chi connectivity index (χ2n) is 6.06. The summed E-state index contributed by atoms with van der Waals surface area (Å²) < 4.78 is 17.3. The average molecular weight is 518 g/mol. The minimum absolute atomic E-state index is 0.00141. The number of rotatable bonds is 10. The minimum Gasteiger partial charge on any atom is -0.497 e. The third kappa shape index (κ3) is 6.52. The fourth-order valence-corrected chi connectivity index (χ4v) is 3.33. The SMILES string of the molecule is C=CCOc1c(I)cc(/C=C(/C#N)C(=O)NCc2ccc(OC)cc2)cc1OCC. The van der Waals surface area contributed by atoms with Gasteiger partial charge in [0.15, 0.2) is 11.5 Å². The van der Waals surface area contributed by atoms with E-state index in [-0.39, 0.29) is 5.57 Å². The monoisotopic (exact) mass is 518 g/mol. The summed E-state index contributed by atoms with van der Waals surface area (Å²) in [4.78, 5) is 12.5. The van der Waals surface area contributed by atoms with Crippen LogP contribution in [0.2, 0.25) is 0 Å². The zero-order valence-electron chi connectivity index (χ0n) is 16.9. The van der Waals surface area contributed by atoms with Crippen LogP contribution in [0.4, 0.5) is 0 Å². The Balaban J connectivity index is 2.19. The number of amides is 1. The maximum absolute atomic E-state index is 12.5. The van der Waals surface area contributed by atoms with E-state index >= 15 is 0 Å². The summed E-state index contributed by atoms with van der Waals surface area (Å²) in [6, 6.07) is 12.9. The molecule has 0 radical (unpaired) electrons. The van der Waals surface area contributed by atoms with Gasteiger partial charge in [-0.3, -0.25) is 4.79 Å². The van der Waals surface area contributed by atoms with E-state index < -0.39 is 5.91 Å². The van der Waals surface area contributed by atoms with Gasteiger partial charge in [-0.25, -0.2) is 0 Å². The fraction of sp³-hybridized carbons (Fsp3) is 0.217. The van der Waals surface area contributed by atoms with Gasteiger partial charge in [-0.1, -0.05) is 24.8 Å². The molecule has 0 atom stereocenters. The van der Waals surface area contributed by atoms with Crippen molar-refractivity contribution in [3.05, 3.63) is 69.3 Å². The van der Waals surface area contributed by atoms with Gasteiger partial charge in [-0.15, -0.1) is 0 Å². The molecule has 0 aliphatic rings. The van der Waals surface area contributed by atoms with E-state index in [9.17, 15) is 10.1 Å². The summed E-state index contributed by atoms with van der Waals surface area (Å²) in [7, 11) is 1.59. The van der Waals surface area contributed by atoms with E-state index in [2.05, 4.69) is 34.5 Å². The van der Waals surface area contributed by atoms with Crippen LogP contribution in [0.3, 0.4) is 0 Å². The molecule has 0 spiro atoms. The van der Waals surface area contributed by atoms with Crippen molar-refractivity contribution < 1.29 is 19.0 Å². The largest absolute Gasteiger partial charge is 0.497 e. The summed E-state index contributed by atoms with van der Waals surface area (Å²) in [6.07, 6.45) is 3.19. The third-order valence-corrected chi connectivity index (χ3v) is 4.77. The van der Waals surface area contributed by atoms with Crippen LogP contribution in [0.5, 0.6) is 17.2 Å². The molecule has 0 bridgehead atoms. The maximum atomic E-state index is 12.5. The van der Waals surface area contributed by atoms with Gasteiger partial charge in [0.2, 0.25) is 0 Å². The normalized spacial score (nSPS) is 10.7. The first kappa shape index (κ1) is 23.3. The van der Waals surface area contributed by atoms with Crippen LogP contribution in [-0.4, -0.2) is 26.2 Å². The zero-order chi connectivity index (χ0) is 21.9. The number of nitriles is 1. The lowest BCUT2D eigenvalue weighted by Gasteiger charge is -2.14. The highest BCUT2D eigenvalue weighted by atomic mass is 127. The first-order valence-electron chi connectivity index (χ1n) is 9.25. The lowest BCUT2D eigenvalue weighted by atomic mass is 10.1. The summed E-state index contributed by atoms with van der Waals surface area (Å²) in [6.45, 7) is 6.64. The molecule has 2 rings (SSSR count). The van der Waals surface area contributed by atoms with E-state index in [0.717, 1.165) is 14.9 Å². The second kappa shape index (κ2) is 11.9. The van der Waals surface area contributed by atoms with Crippen LogP contribution in [0.1, 0.15) is 18.1 Å². The molecule has 0 saturated heterocycles. The molecule has 0 aromatic heterocycles. The van der Waals surface area contributed by atoms with Crippen molar-refractivity contribution in [3.8, 4) is 23.3 Å². The van der Waals surface area contributed by atoms with Crippen LogP contribution in [0, 0.1) is 14.9 Å². The number of halogens is 1. The highest BCUT2D eigenvalue weighted by Crippen LogP contribution is 2.35. The minimum atomic E-state index is -0.451. The van der Waals surface area contributed by atoms with E-state index in [1.54, 1.807) is 19.3 Å². The standard InChI is InChI=1S/C23H23IN2O4/c1-4-10-30-22-20(24)12-17(13-21(22)29-5-2)11-18(14-25)23(27)26-15-16-6-8-19(28-3)9-7-16/h4,6-9,11-13H,1,5,10,15H2,2-3H3,(H,26,27)/b18-11-. The number of methoxy groups -OCH3 is 1. The van der Waals surface area contributed by atoms with Gasteiger partial charge in [-0.05, 0) is 71.0 Å².